The zero-order valence-corrected chi connectivity index (χ0v) is 12.3. The monoisotopic (exact) mass is 300 g/mol. The van der Waals surface area contributed by atoms with Crippen LogP contribution in [0.5, 0.6) is 0 Å². The Morgan fingerprint density at radius 3 is 3.05 bits per heavy atom. The number of carbonyl (C=O) groups is 1. The molecular weight excluding hydrogens is 284 g/mol. The predicted molar refractivity (Wildman–Crippen MR) is 84.3 cm³/mol. The van der Waals surface area contributed by atoms with Gasteiger partial charge in [-0.15, -0.1) is 11.3 Å². The number of fused-ring (bicyclic) bond motifs is 1. The second-order valence-electron chi connectivity index (χ2n) is 4.67. The number of benzene rings is 1. The molecule has 0 atom stereocenters. The van der Waals surface area contributed by atoms with E-state index in [9.17, 15) is 4.79 Å². The van der Waals surface area contributed by atoms with Crippen molar-refractivity contribution in [2.45, 2.75) is 13.1 Å². The van der Waals surface area contributed by atoms with Crippen molar-refractivity contribution in [3.8, 4) is 0 Å². The molecule has 21 heavy (non-hydrogen) atoms. The molecule has 0 unspecified atom stereocenters. The molecule has 3 rings (SSSR count). The molecule has 5 nitrogen and oxygen atoms in total. The fourth-order valence-electron chi connectivity index (χ4n) is 2.13. The summed E-state index contributed by atoms with van der Waals surface area (Å²) in [6, 6.07) is 8.07. The Morgan fingerprint density at radius 2 is 2.19 bits per heavy atom. The molecule has 0 spiro atoms. The smallest absolute Gasteiger partial charge is 0.315 e. The van der Waals surface area contributed by atoms with Crippen LogP contribution in [-0.2, 0) is 13.1 Å². The second kappa shape index (κ2) is 6.41. The summed E-state index contributed by atoms with van der Waals surface area (Å²) >= 11 is 1.70. The van der Waals surface area contributed by atoms with E-state index in [1.807, 2.05) is 22.9 Å². The number of urea groups is 1. The number of nitrogens with one attached hydrogen (secondary N) is 2. The van der Waals surface area contributed by atoms with Gasteiger partial charge in [0.2, 0.25) is 0 Å². The lowest BCUT2D eigenvalue weighted by Crippen LogP contribution is -2.36. The van der Waals surface area contributed by atoms with Crippen molar-refractivity contribution in [2.75, 3.05) is 6.54 Å². The molecule has 0 radical (unpaired) electrons. The van der Waals surface area contributed by atoms with E-state index in [0.29, 0.717) is 13.1 Å². The average Bonchev–Trinajstić information content (AvgIpc) is 3.14. The maximum absolute atomic E-state index is 11.8. The molecule has 0 aliphatic rings. The van der Waals surface area contributed by atoms with Crippen molar-refractivity contribution in [1.29, 1.82) is 0 Å². The van der Waals surface area contributed by atoms with Gasteiger partial charge in [0.15, 0.2) is 0 Å². The normalized spacial score (nSPS) is 10.7. The molecule has 2 N–H and O–H groups in total. The van der Waals surface area contributed by atoms with Crippen LogP contribution >= 0.6 is 11.3 Å². The number of amides is 2. The zero-order valence-electron chi connectivity index (χ0n) is 11.5. The van der Waals surface area contributed by atoms with Gasteiger partial charge in [0, 0.05) is 36.7 Å². The molecule has 2 aromatic heterocycles. The van der Waals surface area contributed by atoms with Gasteiger partial charge in [-0.25, -0.2) is 9.78 Å². The average molecular weight is 300 g/mol. The minimum Gasteiger partial charge on any atom is -0.336 e. The summed E-state index contributed by atoms with van der Waals surface area (Å²) < 4.78 is 3.17. The molecule has 0 fully saturated rings. The van der Waals surface area contributed by atoms with Gasteiger partial charge in [0.25, 0.3) is 0 Å². The van der Waals surface area contributed by atoms with E-state index in [0.717, 1.165) is 12.1 Å². The fourth-order valence-corrected chi connectivity index (χ4v) is 3.09. The maximum Gasteiger partial charge on any atom is 0.315 e. The number of rotatable bonds is 5. The van der Waals surface area contributed by atoms with E-state index >= 15 is 0 Å². The zero-order chi connectivity index (χ0) is 14.5. The molecule has 0 aliphatic heterocycles. The molecule has 1 aromatic carbocycles. The summed E-state index contributed by atoms with van der Waals surface area (Å²) in [6.07, 6.45) is 5.33. The highest BCUT2D eigenvalue weighted by Gasteiger charge is 2.05. The van der Waals surface area contributed by atoms with Crippen molar-refractivity contribution in [1.82, 2.24) is 20.2 Å². The molecule has 0 saturated heterocycles. The van der Waals surface area contributed by atoms with Gasteiger partial charge < -0.3 is 15.2 Å². The van der Waals surface area contributed by atoms with E-state index in [2.05, 4.69) is 33.1 Å². The first-order valence-corrected chi connectivity index (χ1v) is 7.63. The summed E-state index contributed by atoms with van der Waals surface area (Å²) in [5, 5.41) is 9.03. The van der Waals surface area contributed by atoms with Crippen LogP contribution in [0, 0.1) is 0 Å². The Bertz CT molecular complexity index is 720. The molecule has 2 amide bonds. The quantitative estimate of drug-likeness (QED) is 0.761. The third-order valence-corrected chi connectivity index (χ3v) is 4.23. The first-order chi connectivity index (χ1) is 10.3. The van der Waals surface area contributed by atoms with Crippen LogP contribution in [0.3, 0.4) is 0 Å². The van der Waals surface area contributed by atoms with Gasteiger partial charge in [0.05, 0.1) is 6.33 Å². The Labute approximate surface area is 126 Å². The van der Waals surface area contributed by atoms with Gasteiger partial charge in [0.1, 0.15) is 0 Å². The lowest BCUT2D eigenvalue weighted by atomic mass is 10.2. The Hall–Kier alpha value is -2.34. The van der Waals surface area contributed by atoms with Crippen LogP contribution in [0.25, 0.3) is 10.1 Å². The molecule has 0 bridgehead atoms. The van der Waals surface area contributed by atoms with Gasteiger partial charge in [-0.3, -0.25) is 0 Å². The maximum atomic E-state index is 11.8. The van der Waals surface area contributed by atoms with Crippen molar-refractivity contribution in [3.63, 3.8) is 0 Å². The standard InChI is InChI=1S/C15H16N4OS/c20-15(17-6-8-19-7-5-16-11-19)18-9-12-10-21-14-4-2-1-3-13(12)14/h1-5,7,10-11H,6,8-9H2,(H2,17,18,20). The summed E-state index contributed by atoms with van der Waals surface area (Å²) in [5.74, 6) is 0. The van der Waals surface area contributed by atoms with Crippen LogP contribution in [0.1, 0.15) is 5.56 Å². The van der Waals surface area contributed by atoms with Crippen LogP contribution < -0.4 is 10.6 Å². The minimum absolute atomic E-state index is 0.148. The van der Waals surface area contributed by atoms with Crippen molar-refractivity contribution < 1.29 is 4.79 Å². The van der Waals surface area contributed by atoms with Crippen molar-refractivity contribution in [3.05, 3.63) is 53.9 Å². The number of hydrogen-bond acceptors (Lipinski definition) is 3. The van der Waals surface area contributed by atoms with Gasteiger partial charge in [-0.2, -0.15) is 0 Å². The van der Waals surface area contributed by atoms with E-state index in [1.54, 1.807) is 23.9 Å². The van der Waals surface area contributed by atoms with E-state index in [4.69, 9.17) is 0 Å². The third kappa shape index (κ3) is 3.41. The summed E-state index contributed by atoms with van der Waals surface area (Å²) in [6.45, 7) is 1.84. The van der Waals surface area contributed by atoms with Crippen molar-refractivity contribution in [2.24, 2.45) is 0 Å². The number of thiophene rings is 1. The SMILES string of the molecule is O=C(NCCn1ccnc1)NCc1csc2ccccc12. The summed E-state index contributed by atoms with van der Waals surface area (Å²) in [7, 11) is 0. The van der Waals surface area contributed by atoms with Crippen LogP contribution in [-0.4, -0.2) is 22.1 Å². The highest BCUT2D eigenvalue weighted by molar-refractivity contribution is 7.17. The van der Waals surface area contributed by atoms with Crippen LogP contribution in [0.4, 0.5) is 4.79 Å². The van der Waals surface area contributed by atoms with E-state index < -0.39 is 0 Å². The highest BCUT2D eigenvalue weighted by Crippen LogP contribution is 2.25. The van der Waals surface area contributed by atoms with E-state index in [1.165, 1.54) is 10.1 Å². The minimum atomic E-state index is -0.148. The molecule has 2 heterocycles. The van der Waals surface area contributed by atoms with Gasteiger partial charge >= 0.3 is 6.03 Å². The molecular formula is C15H16N4OS. The lowest BCUT2D eigenvalue weighted by Gasteiger charge is -2.07. The Kier molecular flexibility index (Phi) is 4.16. The van der Waals surface area contributed by atoms with Crippen LogP contribution in [0.2, 0.25) is 0 Å². The van der Waals surface area contributed by atoms with Crippen LogP contribution in [0.15, 0.2) is 48.4 Å². The topological polar surface area (TPSA) is 59.0 Å². The van der Waals surface area contributed by atoms with E-state index in [-0.39, 0.29) is 6.03 Å². The largest absolute Gasteiger partial charge is 0.336 e. The number of carbonyl (C=O) groups excluding carboxylic acids is 1. The molecule has 6 heteroatoms. The Balaban J connectivity index is 1.47. The van der Waals surface area contributed by atoms with Gasteiger partial charge in [-0.1, -0.05) is 18.2 Å². The Morgan fingerprint density at radius 1 is 1.29 bits per heavy atom. The summed E-state index contributed by atoms with van der Waals surface area (Å²) in [5.41, 5.74) is 1.15. The number of nitrogens with zero attached hydrogens (tertiary/aromatic N) is 2. The van der Waals surface area contributed by atoms with Crippen molar-refractivity contribution >= 4 is 27.5 Å². The number of aromatic nitrogens is 2. The highest BCUT2D eigenvalue weighted by atomic mass is 32.1. The first kappa shape index (κ1) is 13.6. The van der Waals surface area contributed by atoms with Gasteiger partial charge in [-0.05, 0) is 22.4 Å². The second-order valence-corrected chi connectivity index (χ2v) is 5.58. The third-order valence-electron chi connectivity index (χ3n) is 3.22. The number of hydrogen-bond donors (Lipinski definition) is 2. The molecule has 108 valence electrons. The fraction of sp³-hybridized carbons (Fsp3) is 0.200. The predicted octanol–water partition coefficient (Wildman–Crippen LogP) is 2.60. The first-order valence-electron chi connectivity index (χ1n) is 6.75. The number of imidazole rings is 1. The molecule has 3 aromatic rings. The lowest BCUT2D eigenvalue weighted by molar-refractivity contribution is 0.240. The molecule has 0 saturated carbocycles. The molecule has 0 aliphatic carbocycles. The summed E-state index contributed by atoms with van der Waals surface area (Å²) in [4.78, 5) is 15.7.